The van der Waals surface area contributed by atoms with Crippen molar-refractivity contribution in [1.82, 2.24) is 4.90 Å². The van der Waals surface area contributed by atoms with Gasteiger partial charge in [0.25, 0.3) is 0 Å². The van der Waals surface area contributed by atoms with E-state index in [1.165, 1.54) is 30.8 Å². The van der Waals surface area contributed by atoms with E-state index in [4.69, 9.17) is 0 Å². The van der Waals surface area contributed by atoms with Gasteiger partial charge in [-0.25, -0.2) is 0 Å². The van der Waals surface area contributed by atoms with Crippen molar-refractivity contribution < 1.29 is 0 Å². The molecule has 0 radical (unpaired) electrons. The smallest absolute Gasteiger partial charge is 0.107 e. The first kappa shape index (κ1) is 13.3. The zero-order valence-electron chi connectivity index (χ0n) is 11.5. The largest absolute Gasteiger partial charge is 0.331 e. The Hall–Kier alpha value is -0.790. The minimum Gasteiger partial charge on any atom is -0.331 e. The van der Waals surface area contributed by atoms with Crippen LogP contribution in [0.1, 0.15) is 53.4 Å². The first-order valence-electron chi connectivity index (χ1n) is 6.50. The monoisotopic (exact) mass is 222 g/mol. The molecule has 2 nitrogen and oxygen atoms in total. The van der Waals surface area contributed by atoms with Crippen LogP contribution in [0.4, 0.5) is 0 Å². The van der Waals surface area contributed by atoms with Crippen molar-refractivity contribution in [1.29, 1.82) is 0 Å². The molecule has 0 bridgehead atoms. The molecule has 0 N–H and O–H groups in total. The van der Waals surface area contributed by atoms with E-state index >= 15 is 0 Å². The summed E-state index contributed by atoms with van der Waals surface area (Å²) in [6, 6.07) is 0.534. The molecule has 1 rings (SSSR count). The summed E-state index contributed by atoms with van der Waals surface area (Å²) in [6.45, 7) is 9.07. The van der Waals surface area contributed by atoms with Gasteiger partial charge in [0, 0.05) is 25.2 Å². The molecule has 0 aromatic rings. The normalized spacial score (nSPS) is 19.1. The molecule has 0 unspecified atom stereocenters. The third kappa shape index (κ3) is 3.36. The molecule has 0 aromatic carbocycles. The predicted molar refractivity (Wildman–Crippen MR) is 71.7 cm³/mol. The van der Waals surface area contributed by atoms with Crippen LogP contribution in [0.3, 0.4) is 0 Å². The Morgan fingerprint density at radius 2 is 2.00 bits per heavy atom. The van der Waals surface area contributed by atoms with Crippen LogP contribution < -0.4 is 0 Å². The van der Waals surface area contributed by atoms with Crippen LogP contribution in [0.2, 0.25) is 0 Å². The molecule has 1 aliphatic rings. The highest BCUT2D eigenvalue weighted by molar-refractivity contribution is 5.88. The molecular weight excluding hydrogens is 196 g/mol. The lowest BCUT2D eigenvalue weighted by Gasteiger charge is -2.27. The van der Waals surface area contributed by atoms with Gasteiger partial charge in [-0.2, -0.15) is 0 Å². The van der Waals surface area contributed by atoms with Crippen molar-refractivity contribution in [3.8, 4) is 0 Å². The van der Waals surface area contributed by atoms with Gasteiger partial charge in [0.05, 0.1) is 0 Å². The zero-order valence-corrected chi connectivity index (χ0v) is 11.5. The zero-order chi connectivity index (χ0) is 12.1. The lowest BCUT2D eigenvalue weighted by Crippen LogP contribution is -2.32. The maximum Gasteiger partial charge on any atom is 0.107 e. The topological polar surface area (TPSA) is 15.6 Å². The molecule has 1 aliphatic heterocycles. The predicted octanol–water partition coefficient (Wildman–Crippen LogP) is 3.84. The number of aliphatic imine (C=N–C) groups is 1. The molecule has 2 heteroatoms. The third-order valence-corrected chi connectivity index (χ3v) is 3.10. The van der Waals surface area contributed by atoms with Crippen molar-refractivity contribution >= 4 is 5.84 Å². The number of rotatable bonds is 5. The number of hydrogen-bond acceptors (Lipinski definition) is 1. The molecule has 0 saturated carbocycles. The second-order valence-corrected chi connectivity index (χ2v) is 5.29. The molecule has 0 amide bonds. The molecule has 0 aliphatic carbocycles. The fourth-order valence-electron chi connectivity index (χ4n) is 2.31. The number of nitrogens with zero attached hydrogens (tertiary/aromatic N) is 2. The summed E-state index contributed by atoms with van der Waals surface area (Å²) >= 11 is 0. The molecule has 0 aromatic heterocycles. The molecule has 0 spiro atoms. The van der Waals surface area contributed by atoms with Gasteiger partial charge in [0.1, 0.15) is 5.84 Å². The van der Waals surface area contributed by atoms with Crippen LogP contribution in [-0.4, -0.2) is 23.8 Å². The summed E-state index contributed by atoms with van der Waals surface area (Å²) in [7, 11) is 1.90. The Bertz CT molecular complexity index is 274. The van der Waals surface area contributed by atoms with Gasteiger partial charge in [-0.3, -0.25) is 4.99 Å². The maximum absolute atomic E-state index is 4.37. The fraction of sp³-hybridized carbons (Fsp3) is 0.786. The van der Waals surface area contributed by atoms with E-state index in [1.807, 2.05) is 7.05 Å². The standard InChI is InChI=1S/C14H26N2/c1-11(2)7-6-8-13-9-10-14(15-5)16(13)12(3)4/h9,11-12H,6-8,10H2,1-5H3. The minimum atomic E-state index is 0.534. The summed E-state index contributed by atoms with van der Waals surface area (Å²) < 4.78 is 0. The molecule has 92 valence electrons. The van der Waals surface area contributed by atoms with Crippen LogP contribution in [0.5, 0.6) is 0 Å². The van der Waals surface area contributed by atoms with Crippen molar-refractivity contribution in [3.63, 3.8) is 0 Å². The molecule has 0 fully saturated rings. The highest BCUT2D eigenvalue weighted by atomic mass is 15.2. The van der Waals surface area contributed by atoms with Gasteiger partial charge in [-0.05, 0) is 32.6 Å². The summed E-state index contributed by atoms with van der Waals surface area (Å²) in [5.41, 5.74) is 1.48. The third-order valence-electron chi connectivity index (χ3n) is 3.10. The first-order valence-corrected chi connectivity index (χ1v) is 6.50. The Labute approximate surface area is 100 Å². The SMILES string of the molecule is CN=C1CC=C(CCCC(C)C)N1C(C)C. The molecular formula is C14H26N2. The van der Waals surface area contributed by atoms with Crippen LogP contribution >= 0.6 is 0 Å². The molecule has 0 saturated heterocycles. The molecule has 0 atom stereocenters. The van der Waals surface area contributed by atoms with E-state index in [0.29, 0.717) is 6.04 Å². The van der Waals surface area contributed by atoms with E-state index in [2.05, 4.69) is 43.7 Å². The summed E-state index contributed by atoms with van der Waals surface area (Å²) in [4.78, 5) is 6.78. The summed E-state index contributed by atoms with van der Waals surface area (Å²) in [6.07, 6.45) is 7.19. The summed E-state index contributed by atoms with van der Waals surface area (Å²) in [5, 5.41) is 0. The Morgan fingerprint density at radius 3 is 2.50 bits per heavy atom. The highest BCUT2D eigenvalue weighted by Crippen LogP contribution is 2.25. The number of hydrogen-bond donors (Lipinski definition) is 0. The van der Waals surface area contributed by atoms with Crippen molar-refractivity contribution in [2.24, 2.45) is 10.9 Å². The maximum atomic E-state index is 4.37. The van der Waals surface area contributed by atoms with Crippen molar-refractivity contribution in [2.75, 3.05) is 7.05 Å². The van der Waals surface area contributed by atoms with Crippen LogP contribution in [0.15, 0.2) is 16.8 Å². The fourth-order valence-corrected chi connectivity index (χ4v) is 2.31. The van der Waals surface area contributed by atoms with Crippen molar-refractivity contribution in [2.45, 2.75) is 59.4 Å². The van der Waals surface area contributed by atoms with Crippen LogP contribution in [0.25, 0.3) is 0 Å². The van der Waals surface area contributed by atoms with Crippen LogP contribution in [-0.2, 0) is 0 Å². The Balaban J connectivity index is 2.53. The van der Waals surface area contributed by atoms with Gasteiger partial charge in [-0.1, -0.05) is 26.3 Å². The van der Waals surface area contributed by atoms with Gasteiger partial charge in [-0.15, -0.1) is 0 Å². The minimum absolute atomic E-state index is 0.534. The lowest BCUT2D eigenvalue weighted by atomic mass is 10.0. The number of allylic oxidation sites excluding steroid dienone is 1. The van der Waals surface area contributed by atoms with E-state index in [9.17, 15) is 0 Å². The van der Waals surface area contributed by atoms with E-state index < -0.39 is 0 Å². The van der Waals surface area contributed by atoms with Gasteiger partial charge >= 0.3 is 0 Å². The summed E-state index contributed by atoms with van der Waals surface area (Å²) in [5.74, 6) is 2.04. The van der Waals surface area contributed by atoms with E-state index in [-0.39, 0.29) is 0 Å². The Kier molecular flexibility index (Phi) is 5.04. The molecule has 16 heavy (non-hydrogen) atoms. The average Bonchev–Trinajstić information content (AvgIpc) is 2.60. The second-order valence-electron chi connectivity index (χ2n) is 5.29. The van der Waals surface area contributed by atoms with Gasteiger partial charge in [0.15, 0.2) is 0 Å². The second kappa shape index (κ2) is 6.07. The molecule has 1 heterocycles. The number of amidine groups is 1. The van der Waals surface area contributed by atoms with E-state index in [0.717, 1.165) is 12.3 Å². The Morgan fingerprint density at radius 1 is 1.31 bits per heavy atom. The van der Waals surface area contributed by atoms with Crippen molar-refractivity contribution in [3.05, 3.63) is 11.8 Å². The van der Waals surface area contributed by atoms with Crippen LogP contribution in [0, 0.1) is 5.92 Å². The van der Waals surface area contributed by atoms with Gasteiger partial charge in [0.2, 0.25) is 0 Å². The first-order chi connectivity index (χ1) is 7.56. The highest BCUT2D eigenvalue weighted by Gasteiger charge is 2.23. The average molecular weight is 222 g/mol. The lowest BCUT2D eigenvalue weighted by molar-refractivity contribution is 0.407. The quantitative estimate of drug-likeness (QED) is 0.690. The van der Waals surface area contributed by atoms with Gasteiger partial charge < -0.3 is 4.90 Å². The van der Waals surface area contributed by atoms with E-state index in [1.54, 1.807) is 0 Å².